The first-order valence-electron chi connectivity index (χ1n) is 8.63. The predicted molar refractivity (Wildman–Crippen MR) is 113 cm³/mol. The van der Waals surface area contributed by atoms with Gasteiger partial charge in [-0.05, 0) is 41.0 Å². The van der Waals surface area contributed by atoms with Crippen molar-refractivity contribution in [3.8, 4) is 22.5 Å². The van der Waals surface area contributed by atoms with E-state index < -0.39 is 0 Å². The van der Waals surface area contributed by atoms with Gasteiger partial charge in [0, 0.05) is 23.4 Å². The van der Waals surface area contributed by atoms with Crippen molar-refractivity contribution in [2.75, 3.05) is 0 Å². The third-order valence-corrected chi connectivity index (χ3v) is 5.71. The van der Waals surface area contributed by atoms with Crippen LogP contribution in [0.25, 0.3) is 22.5 Å². The standard InChI is InChI=1S/C22H18ClN3S/c1-26-21(19-11-13-20(23)14-12-19)24-25-22(26)27-15-16-7-9-18(10-8-16)17-5-3-2-4-6-17/h2-14H,15H2,1H3. The Morgan fingerprint density at radius 1 is 0.778 bits per heavy atom. The molecule has 0 amide bonds. The van der Waals surface area contributed by atoms with Crippen LogP contribution in [0.15, 0.2) is 84.0 Å². The zero-order valence-corrected chi connectivity index (χ0v) is 16.4. The van der Waals surface area contributed by atoms with Crippen molar-refractivity contribution >= 4 is 23.4 Å². The summed E-state index contributed by atoms with van der Waals surface area (Å²) in [5, 5.41) is 10.3. The van der Waals surface area contributed by atoms with Gasteiger partial charge in [0.05, 0.1) is 0 Å². The molecular formula is C22H18ClN3S. The molecule has 1 heterocycles. The summed E-state index contributed by atoms with van der Waals surface area (Å²) in [6.45, 7) is 0. The molecule has 0 radical (unpaired) electrons. The summed E-state index contributed by atoms with van der Waals surface area (Å²) in [4.78, 5) is 0. The van der Waals surface area contributed by atoms with Crippen molar-refractivity contribution in [3.63, 3.8) is 0 Å². The molecule has 0 aliphatic carbocycles. The minimum atomic E-state index is 0.717. The molecule has 5 heteroatoms. The molecule has 0 spiro atoms. The fourth-order valence-electron chi connectivity index (χ4n) is 2.86. The summed E-state index contributed by atoms with van der Waals surface area (Å²) >= 11 is 7.65. The molecule has 0 aliphatic rings. The van der Waals surface area contributed by atoms with E-state index in [1.807, 2.05) is 41.9 Å². The van der Waals surface area contributed by atoms with Gasteiger partial charge in [-0.3, -0.25) is 0 Å². The van der Waals surface area contributed by atoms with E-state index in [9.17, 15) is 0 Å². The molecule has 4 rings (SSSR count). The topological polar surface area (TPSA) is 30.7 Å². The molecule has 134 valence electrons. The molecule has 0 unspecified atom stereocenters. The van der Waals surface area contributed by atoms with Gasteiger partial charge in [0.25, 0.3) is 0 Å². The molecule has 1 aromatic heterocycles. The lowest BCUT2D eigenvalue weighted by Crippen LogP contribution is -1.95. The Morgan fingerprint density at radius 2 is 1.41 bits per heavy atom. The lowest BCUT2D eigenvalue weighted by Gasteiger charge is -2.06. The number of nitrogens with zero attached hydrogens (tertiary/aromatic N) is 3. The highest BCUT2D eigenvalue weighted by atomic mass is 35.5. The van der Waals surface area contributed by atoms with Crippen LogP contribution in [0.3, 0.4) is 0 Å². The van der Waals surface area contributed by atoms with Crippen LogP contribution < -0.4 is 0 Å². The van der Waals surface area contributed by atoms with Crippen LogP contribution in [-0.4, -0.2) is 14.8 Å². The summed E-state index contributed by atoms with van der Waals surface area (Å²) in [7, 11) is 1.99. The number of hydrogen-bond donors (Lipinski definition) is 0. The van der Waals surface area contributed by atoms with E-state index in [2.05, 4.69) is 58.7 Å². The fourth-order valence-corrected chi connectivity index (χ4v) is 3.86. The molecule has 0 N–H and O–H groups in total. The molecular weight excluding hydrogens is 374 g/mol. The molecule has 0 bridgehead atoms. The Morgan fingerprint density at radius 3 is 2.11 bits per heavy atom. The summed E-state index contributed by atoms with van der Waals surface area (Å²) in [6, 6.07) is 26.7. The van der Waals surface area contributed by atoms with Gasteiger partial charge in [-0.25, -0.2) is 0 Å². The van der Waals surface area contributed by atoms with Crippen LogP contribution in [0.2, 0.25) is 5.02 Å². The average molecular weight is 392 g/mol. The van der Waals surface area contributed by atoms with Crippen molar-refractivity contribution in [2.24, 2.45) is 7.05 Å². The lowest BCUT2D eigenvalue weighted by atomic mass is 10.0. The lowest BCUT2D eigenvalue weighted by molar-refractivity contribution is 0.794. The van der Waals surface area contributed by atoms with Gasteiger partial charge >= 0.3 is 0 Å². The number of thioether (sulfide) groups is 1. The van der Waals surface area contributed by atoms with Gasteiger partial charge in [-0.15, -0.1) is 10.2 Å². The van der Waals surface area contributed by atoms with Crippen LogP contribution in [0.4, 0.5) is 0 Å². The first kappa shape index (κ1) is 17.8. The molecule has 0 atom stereocenters. The Labute approximate surface area is 168 Å². The Hall–Kier alpha value is -2.56. The third-order valence-electron chi connectivity index (χ3n) is 4.37. The van der Waals surface area contributed by atoms with Crippen LogP contribution in [0.1, 0.15) is 5.56 Å². The van der Waals surface area contributed by atoms with E-state index in [1.165, 1.54) is 16.7 Å². The molecule has 0 fully saturated rings. The second kappa shape index (κ2) is 7.99. The molecule has 3 aromatic carbocycles. The van der Waals surface area contributed by atoms with Crippen molar-refractivity contribution in [2.45, 2.75) is 10.9 Å². The zero-order valence-electron chi connectivity index (χ0n) is 14.8. The Kier molecular flexibility index (Phi) is 5.28. The molecule has 4 aromatic rings. The maximum Gasteiger partial charge on any atom is 0.191 e. The number of hydrogen-bond acceptors (Lipinski definition) is 3. The van der Waals surface area contributed by atoms with Gasteiger partial charge in [-0.2, -0.15) is 0 Å². The van der Waals surface area contributed by atoms with E-state index in [4.69, 9.17) is 11.6 Å². The van der Waals surface area contributed by atoms with Gasteiger partial charge in [0.1, 0.15) is 0 Å². The van der Waals surface area contributed by atoms with E-state index in [-0.39, 0.29) is 0 Å². The van der Waals surface area contributed by atoms with Crippen LogP contribution in [-0.2, 0) is 12.8 Å². The summed E-state index contributed by atoms with van der Waals surface area (Å²) < 4.78 is 2.02. The molecule has 0 aliphatic heterocycles. The van der Waals surface area contributed by atoms with Gasteiger partial charge in [-0.1, -0.05) is 78.0 Å². The largest absolute Gasteiger partial charge is 0.305 e. The third kappa shape index (κ3) is 4.07. The quantitative estimate of drug-likeness (QED) is 0.385. The maximum absolute atomic E-state index is 5.96. The van der Waals surface area contributed by atoms with Crippen LogP contribution in [0, 0.1) is 0 Å². The first-order valence-corrected chi connectivity index (χ1v) is 9.99. The van der Waals surface area contributed by atoms with E-state index in [0.717, 1.165) is 27.3 Å². The van der Waals surface area contributed by atoms with Crippen LogP contribution in [0.5, 0.6) is 0 Å². The second-order valence-electron chi connectivity index (χ2n) is 6.22. The zero-order chi connectivity index (χ0) is 18.6. The fraction of sp³-hybridized carbons (Fsp3) is 0.0909. The number of rotatable bonds is 5. The highest BCUT2D eigenvalue weighted by molar-refractivity contribution is 7.98. The van der Waals surface area contributed by atoms with Gasteiger partial charge < -0.3 is 4.57 Å². The minimum absolute atomic E-state index is 0.717. The number of halogens is 1. The summed E-state index contributed by atoms with van der Waals surface area (Å²) in [5.74, 6) is 1.69. The first-order chi connectivity index (χ1) is 13.2. The summed E-state index contributed by atoms with van der Waals surface area (Å²) in [5.41, 5.74) is 4.73. The van der Waals surface area contributed by atoms with Crippen molar-refractivity contribution in [1.82, 2.24) is 14.8 Å². The molecule has 0 saturated carbocycles. The van der Waals surface area contributed by atoms with E-state index in [0.29, 0.717) is 0 Å². The smallest absolute Gasteiger partial charge is 0.191 e. The van der Waals surface area contributed by atoms with E-state index >= 15 is 0 Å². The Bertz CT molecular complexity index is 1030. The number of benzene rings is 3. The number of aromatic nitrogens is 3. The normalized spacial score (nSPS) is 10.9. The predicted octanol–water partition coefficient (Wildman–Crippen LogP) is 6.09. The molecule has 27 heavy (non-hydrogen) atoms. The summed E-state index contributed by atoms with van der Waals surface area (Å²) in [6.07, 6.45) is 0. The molecule has 0 saturated heterocycles. The van der Waals surface area contributed by atoms with Crippen molar-refractivity contribution < 1.29 is 0 Å². The van der Waals surface area contributed by atoms with Crippen molar-refractivity contribution in [1.29, 1.82) is 0 Å². The van der Waals surface area contributed by atoms with Gasteiger partial charge in [0.15, 0.2) is 11.0 Å². The minimum Gasteiger partial charge on any atom is -0.305 e. The SMILES string of the molecule is Cn1c(SCc2ccc(-c3ccccc3)cc2)nnc1-c1ccc(Cl)cc1. The second-order valence-corrected chi connectivity index (χ2v) is 7.60. The highest BCUT2D eigenvalue weighted by Gasteiger charge is 2.11. The Balaban J connectivity index is 1.45. The average Bonchev–Trinajstić information content (AvgIpc) is 3.08. The van der Waals surface area contributed by atoms with E-state index in [1.54, 1.807) is 11.8 Å². The van der Waals surface area contributed by atoms with Gasteiger partial charge in [0.2, 0.25) is 0 Å². The monoisotopic (exact) mass is 391 g/mol. The van der Waals surface area contributed by atoms with Crippen molar-refractivity contribution in [3.05, 3.63) is 89.4 Å². The van der Waals surface area contributed by atoms with Crippen LogP contribution >= 0.6 is 23.4 Å². The molecule has 3 nitrogen and oxygen atoms in total. The highest BCUT2D eigenvalue weighted by Crippen LogP contribution is 2.27. The maximum atomic E-state index is 5.96.